The third kappa shape index (κ3) is 5.08. The summed E-state index contributed by atoms with van der Waals surface area (Å²) in [7, 11) is 3.32. The second kappa shape index (κ2) is 11.2. The molecule has 0 radical (unpaired) electrons. The number of carbonyl (C=O) groups excluding carboxylic acids is 1. The number of rotatable bonds is 8. The Bertz CT molecular complexity index is 1400. The molecule has 1 aliphatic heterocycles. The lowest BCUT2D eigenvalue weighted by atomic mass is 9.87. The molecule has 0 N–H and O–H groups in total. The quantitative estimate of drug-likeness (QED) is 0.297. The highest BCUT2D eigenvalue weighted by Crippen LogP contribution is 2.38. The van der Waals surface area contributed by atoms with Crippen LogP contribution in [0.2, 0.25) is 0 Å². The zero-order valence-corrected chi connectivity index (χ0v) is 22.8. The second-order valence-electron chi connectivity index (χ2n) is 9.94. The number of para-hydroxylation sites is 2. The number of benzene rings is 3. The van der Waals surface area contributed by atoms with Crippen molar-refractivity contribution < 1.29 is 14.3 Å². The van der Waals surface area contributed by atoms with Crippen molar-refractivity contribution in [1.82, 2.24) is 9.47 Å². The van der Waals surface area contributed by atoms with Gasteiger partial charge in [0.05, 0.1) is 14.2 Å². The van der Waals surface area contributed by atoms with Crippen LogP contribution < -0.4 is 14.4 Å². The van der Waals surface area contributed by atoms with Gasteiger partial charge in [0, 0.05) is 73.9 Å². The molecule has 6 nitrogen and oxygen atoms in total. The molecule has 1 amide bonds. The fourth-order valence-corrected chi connectivity index (χ4v) is 5.67. The molecule has 0 saturated carbocycles. The highest BCUT2D eigenvalue weighted by Gasteiger charge is 2.28. The van der Waals surface area contributed by atoms with Crippen molar-refractivity contribution in [2.24, 2.45) is 0 Å². The van der Waals surface area contributed by atoms with Gasteiger partial charge in [0.15, 0.2) is 0 Å². The van der Waals surface area contributed by atoms with E-state index in [2.05, 4.69) is 78.0 Å². The van der Waals surface area contributed by atoms with Crippen molar-refractivity contribution in [3.8, 4) is 11.5 Å². The van der Waals surface area contributed by atoms with Crippen LogP contribution in [0.3, 0.4) is 0 Å². The van der Waals surface area contributed by atoms with Crippen LogP contribution in [0.15, 0.2) is 72.9 Å². The number of hydrogen-bond acceptors (Lipinski definition) is 4. The molecule has 1 aliphatic rings. The SMILES string of the molecule is CCn1cc([C@H](CC(=O)N2CCN(c3ccccc3C)CC2)c2cc(OC)cc(OC)c2)c2ccccc21. The van der Waals surface area contributed by atoms with Gasteiger partial charge in [0.1, 0.15) is 11.5 Å². The fourth-order valence-electron chi connectivity index (χ4n) is 5.67. The number of methoxy groups -OCH3 is 2. The molecule has 0 unspecified atom stereocenters. The van der Waals surface area contributed by atoms with Crippen molar-refractivity contribution in [3.05, 3.63) is 89.6 Å². The molecule has 0 spiro atoms. The van der Waals surface area contributed by atoms with Gasteiger partial charge in [-0.15, -0.1) is 0 Å². The predicted octanol–water partition coefficient (Wildman–Crippen LogP) is 5.86. The van der Waals surface area contributed by atoms with Crippen LogP contribution in [0.5, 0.6) is 11.5 Å². The van der Waals surface area contributed by atoms with Crippen molar-refractivity contribution >= 4 is 22.5 Å². The average Bonchev–Trinajstić information content (AvgIpc) is 3.34. The first-order chi connectivity index (χ1) is 18.5. The summed E-state index contributed by atoms with van der Waals surface area (Å²) in [6, 6.07) is 22.9. The van der Waals surface area contributed by atoms with Crippen molar-refractivity contribution in [2.75, 3.05) is 45.3 Å². The van der Waals surface area contributed by atoms with Gasteiger partial charge in [0.25, 0.3) is 0 Å². The van der Waals surface area contributed by atoms with Crippen molar-refractivity contribution in [1.29, 1.82) is 0 Å². The molecule has 2 heterocycles. The molecular weight excluding hydrogens is 474 g/mol. The van der Waals surface area contributed by atoms with Gasteiger partial charge in [-0.3, -0.25) is 4.79 Å². The molecule has 4 aromatic rings. The second-order valence-corrected chi connectivity index (χ2v) is 9.94. The molecule has 198 valence electrons. The predicted molar refractivity (Wildman–Crippen MR) is 154 cm³/mol. The van der Waals surface area contributed by atoms with E-state index in [0.717, 1.165) is 55.3 Å². The van der Waals surface area contributed by atoms with Crippen LogP contribution in [0.4, 0.5) is 5.69 Å². The van der Waals surface area contributed by atoms with E-state index < -0.39 is 0 Å². The van der Waals surface area contributed by atoms with E-state index >= 15 is 0 Å². The largest absolute Gasteiger partial charge is 0.497 e. The first-order valence-corrected chi connectivity index (χ1v) is 13.4. The number of ether oxygens (including phenoxy) is 2. The standard InChI is InChI=1S/C32H37N3O3/c1-5-33-22-29(27-11-7-9-13-31(27)33)28(24-18-25(37-3)20-26(19-24)38-4)21-32(36)35-16-14-34(15-17-35)30-12-8-6-10-23(30)2/h6-13,18-20,22,28H,5,14-17,21H2,1-4H3/t28-/m1/s1. The van der Waals surface area contributed by atoms with Gasteiger partial charge in [-0.25, -0.2) is 0 Å². The summed E-state index contributed by atoms with van der Waals surface area (Å²) in [5.74, 6) is 1.50. The lowest BCUT2D eigenvalue weighted by Crippen LogP contribution is -2.49. The van der Waals surface area contributed by atoms with E-state index in [1.807, 2.05) is 23.1 Å². The topological polar surface area (TPSA) is 46.9 Å². The molecule has 1 atom stereocenters. The number of amides is 1. The van der Waals surface area contributed by atoms with Gasteiger partial charge in [-0.1, -0.05) is 36.4 Å². The maximum absolute atomic E-state index is 13.8. The third-order valence-electron chi connectivity index (χ3n) is 7.78. The Morgan fingerprint density at radius 2 is 1.55 bits per heavy atom. The molecule has 0 bridgehead atoms. The number of hydrogen-bond donors (Lipinski definition) is 0. The van der Waals surface area contributed by atoms with E-state index in [0.29, 0.717) is 6.42 Å². The Morgan fingerprint density at radius 1 is 0.895 bits per heavy atom. The molecule has 0 aliphatic carbocycles. The Labute approximate surface area is 225 Å². The van der Waals surface area contributed by atoms with Crippen LogP contribution in [0, 0.1) is 6.92 Å². The Hall–Kier alpha value is -3.93. The number of aromatic nitrogens is 1. The molecule has 6 heteroatoms. The van der Waals surface area contributed by atoms with Gasteiger partial charge in [-0.05, 0) is 54.8 Å². The lowest BCUT2D eigenvalue weighted by Gasteiger charge is -2.37. The van der Waals surface area contributed by atoms with E-state index in [9.17, 15) is 4.79 Å². The molecule has 38 heavy (non-hydrogen) atoms. The number of piperazine rings is 1. The molecule has 5 rings (SSSR count). The van der Waals surface area contributed by atoms with Crippen LogP contribution >= 0.6 is 0 Å². The fraction of sp³-hybridized carbons (Fsp3) is 0.344. The molecule has 1 saturated heterocycles. The zero-order chi connectivity index (χ0) is 26.6. The summed E-state index contributed by atoms with van der Waals surface area (Å²) < 4.78 is 13.5. The van der Waals surface area contributed by atoms with Gasteiger partial charge in [0.2, 0.25) is 5.91 Å². The van der Waals surface area contributed by atoms with Gasteiger partial charge in [-0.2, -0.15) is 0 Å². The average molecular weight is 512 g/mol. The molecule has 1 fully saturated rings. The summed E-state index contributed by atoms with van der Waals surface area (Å²) in [5, 5.41) is 1.18. The van der Waals surface area contributed by atoms with Crippen LogP contribution in [0.1, 0.15) is 36.0 Å². The van der Waals surface area contributed by atoms with E-state index in [1.165, 1.54) is 22.2 Å². The molecular formula is C32H37N3O3. The number of nitrogens with zero attached hydrogens (tertiary/aromatic N) is 3. The first kappa shape index (κ1) is 25.7. The lowest BCUT2D eigenvalue weighted by molar-refractivity contribution is -0.131. The zero-order valence-electron chi connectivity index (χ0n) is 22.8. The van der Waals surface area contributed by atoms with Crippen molar-refractivity contribution in [2.45, 2.75) is 32.7 Å². The third-order valence-corrected chi connectivity index (χ3v) is 7.78. The van der Waals surface area contributed by atoms with Gasteiger partial charge >= 0.3 is 0 Å². The summed E-state index contributed by atoms with van der Waals surface area (Å²) >= 11 is 0. The normalized spacial score (nSPS) is 14.5. The summed E-state index contributed by atoms with van der Waals surface area (Å²) in [6.07, 6.45) is 2.60. The molecule has 1 aromatic heterocycles. The van der Waals surface area contributed by atoms with Gasteiger partial charge < -0.3 is 23.8 Å². The number of carbonyl (C=O) groups is 1. The summed E-state index contributed by atoms with van der Waals surface area (Å²) in [6.45, 7) is 8.28. The summed E-state index contributed by atoms with van der Waals surface area (Å²) in [5.41, 5.74) is 5.89. The Kier molecular flexibility index (Phi) is 7.59. The van der Waals surface area contributed by atoms with E-state index in [-0.39, 0.29) is 11.8 Å². The Balaban J connectivity index is 1.45. The number of fused-ring (bicyclic) bond motifs is 1. The van der Waals surface area contributed by atoms with E-state index in [1.54, 1.807) is 14.2 Å². The Morgan fingerprint density at radius 3 is 2.21 bits per heavy atom. The van der Waals surface area contributed by atoms with Crippen molar-refractivity contribution in [3.63, 3.8) is 0 Å². The maximum atomic E-state index is 13.8. The van der Waals surface area contributed by atoms with Crippen LogP contribution in [-0.4, -0.2) is 55.8 Å². The highest BCUT2D eigenvalue weighted by molar-refractivity contribution is 5.87. The van der Waals surface area contributed by atoms with Crippen LogP contribution in [-0.2, 0) is 11.3 Å². The smallest absolute Gasteiger partial charge is 0.223 e. The summed E-state index contributed by atoms with van der Waals surface area (Å²) in [4.78, 5) is 18.2. The number of anilines is 1. The minimum absolute atomic E-state index is 0.126. The van der Waals surface area contributed by atoms with E-state index in [4.69, 9.17) is 9.47 Å². The number of aryl methyl sites for hydroxylation is 2. The maximum Gasteiger partial charge on any atom is 0.223 e. The monoisotopic (exact) mass is 511 g/mol. The highest BCUT2D eigenvalue weighted by atomic mass is 16.5. The molecule has 3 aromatic carbocycles. The minimum atomic E-state index is -0.126. The minimum Gasteiger partial charge on any atom is -0.497 e. The first-order valence-electron chi connectivity index (χ1n) is 13.4. The van der Waals surface area contributed by atoms with Crippen LogP contribution in [0.25, 0.3) is 10.9 Å².